The predicted molar refractivity (Wildman–Crippen MR) is 97.7 cm³/mol. The standard InChI is InChI=1S/C20H26O2S/c1-19(2,3)13-9-7-11-15(21)17(13)23-18-14(20(4,5)6)10-8-12-16(18)22/h7-12,21-22H,1-6H3. The summed E-state index contributed by atoms with van der Waals surface area (Å²) in [6.07, 6.45) is 0. The van der Waals surface area contributed by atoms with Crippen molar-refractivity contribution in [2.45, 2.75) is 62.2 Å². The summed E-state index contributed by atoms with van der Waals surface area (Å²) >= 11 is 1.45. The first-order valence-electron chi connectivity index (χ1n) is 7.84. The lowest BCUT2D eigenvalue weighted by Crippen LogP contribution is -2.14. The highest BCUT2D eigenvalue weighted by molar-refractivity contribution is 7.99. The highest BCUT2D eigenvalue weighted by Crippen LogP contribution is 2.47. The van der Waals surface area contributed by atoms with Gasteiger partial charge in [-0.05, 0) is 34.1 Å². The third-order valence-electron chi connectivity index (χ3n) is 3.81. The highest BCUT2D eigenvalue weighted by atomic mass is 32.2. The molecule has 2 nitrogen and oxygen atoms in total. The Hall–Kier alpha value is -1.61. The van der Waals surface area contributed by atoms with Crippen molar-refractivity contribution >= 4 is 11.8 Å². The molecule has 23 heavy (non-hydrogen) atoms. The summed E-state index contributed by atoms with van der Waals surface area (Å²) < 4.78 is 0. The van der Waals surface area contributed by atoms with Gasteiger partial charge in [-0.25, -0.2) is 0 Å². The van der Waals surface area contributed by atoms with Crippen molar-refractivity contribution in [2.24, 2.45) is 0 Å². The van der Waals surface area contributed by atoms with Crippen molar-refractivity contribution in [3.8, 4) is 11.5 Å². The van der Waals surface area contributed by atoms with E-state index in [-0.39, 0.29) is 22.3 Å². The van der Waals surface area contributed by atoms with E-state index in [2.05, 4.69) is 41.5 Å². The normalized spacial score (nSPS) is 12.4. The summed E-state index contributed by atoms with van der Waals surface area (Å²) in [5, 5.41) is 20.8. The Morgan fingerprint density at radius 2 is 1.00 bits per heavy atom. The van der Waals surface area contributed by atoms with Crippen LogP contribution in [0.25, 0.3) is 0 Å². The van der Waals surface area contributed by atoms with E-state index >= 15 is 0 Å². The Bertz CT molecular complexity index is 645. The SMILES string of the molecule is CC(C)(C)c1cccc(O)c1Sc1c(O)cccc1C(C)(C)C. The number of phenols is 2. The molecule has 0 saturated carbocycles. The van der Waals surface area contributed by atoms with Crippen molar-refractivity contribution in [3.05, 3.63) is 47.5 Å². The molecule has 0 bridgehead atoms. The van der Waals surface area contributed by atoms with Gasteiger partial charge >= 0.3 is 0 Å². The van der Waals surface area contributed by atoms with Crippen LogP contribution in [0, 0.1) is 0 Å². The van der Waals surface area contributed by atoms with Gasteiger partial charge in [-0.15, -0.1) is 0 Å². The minimum absolute atomic E-state index is 0.0899. The first kappa shape index (κ1) is 17.7. The smallest absolute Gasteiger partial charge is 0.129 e. The summed E-state index contributed by atoms with van der Waals surface area (Å²) in [6.45, 7) is 12.8. The molecule has 0 atom stereocenters. The molecule has 0 unspecified atom stereocenters. The Balaban J connectivity index is 2.62. The minimum Gasteiger partial charge on any atom is -0.507 e. The molecule has 0 aliphatic heterocycles. The van der Waals surface area contributed by atoms with Crippen LogP contribution in [-0.2, 0) is 10.8 Å². The molecule has 3 heteroatoms. The number of rotatable bonds is 2. The fourth-order valence-electron chi connectivity index (χ4n) is 2.55. The van der Waals surface area contributed by atoms with Crippen molar-refractivity contribution < 1.29 is 10.2 Å². The third kappa shape index (κ3) is 3.84. The molecule has 0 spiro atoms. The van der Waals surface area contributed by atoms with E-state index < -0.39 is 0 Å². The van der Waals surface area contributed by atoms with Crippen LogP contribution in [0.4, 0.5) is 0 Å². The van der Waals surface area contributed by atoms with Crippen molar-refractivity contribution in [2.75, 3.05) is 0 Å². The summed E-state index contributed by atoms with van der Waals surface area (Å²) in [6, 6.07) is 11.2. The van der Waals surface area contributed by atoms with Gasteiger partial charge in [0, 0.05) is 0 Å². The molecule has 2 rings (SSSR count). The van der Waals surface area contributed by atoms with Crippen LogP contribution in [0.15, 0.2) is 46.2 Å². The maximum atomic E-state index is 10.4. The van der Waals surface area contributed by atoms with E-state index in [1.807, 2.05) is 24.3 Å². The average Bonchev–Trinajstić information content (AvgIpc) is 2.40. The molecular weight excluding hydrogens is 304 g/mol. The Labute approximate surface area is 143 Å². The fourth-order valence-corrected chi connectivity index (χ4v) is 4.07. The second-order valence-corrected chi connectivity index (χ2v) is 8.93. The molecule has 2 N–H and O–H groups in total. The predicted octanol–water partition coefficient (Wildman–Crippen LogP) is 5.84. The van der Waals surface area contributed by atoms with Gasteiger partial charge < -0.3 is 10.2 Å². The zero-order valence-corrected chi connectivity index (χ0v) is 15.6. The highest BCUT2D eigenvalue weighted by Gasteiger charge is 2.25. The molecule has 124 valence electrons. The molecule has 0 amide bonds. The molecule has 0 aliphatic rings. The zero-order chi connectivity index (χ0) is 17.4. The zero-order valence-electron chi connectivity index (χ0n) is 14.8. The van der Waals surface area contributed by atoms with E-state index in [4.69, 9.17) is 0 Å². The van der Waals surface area contributed by atoms with Gasteiger partial charge in [0.2, 0.25) is 0 Å². The molecule has 2 aromatic carbocycles. The molecule has 0 fully saturated rings. The van der Waals surface area contributed by atoms with Gasteiger partial charge in [-0.1, -0.05) is 77.6 Å². The fraction of sp³-hybridized carbons (Fsp3) is 0.400. The molecule has 0 radical (unpaired) electrons. The van der Waals surface area contributed by atoms with Crippen molar-refractivity contribution in [3.63, 3.8) is 0 Å². The second-order valence-electron chi connectivity index (χ2n) is 7.91. The van der Waals surface area contributed by atoms with Crippen LogP contribution in [-0.4, -0.2) is 10.2 Å². The van der Waals surface area contributed by atoms with Crippen molar-refractivity contribution in [1.82, 2.24) is 0 Å². The molecular formula is C20H26O2S. The van der Waals surface area contributed by atoms with E-state index in [9.17, 15) is 10.2 Å². The summed E-state index contributed by atoms with van der Waals surface area (Å²) in [4.78, 5) is 1.62. The van der Waals surface area contributed by atoms with E-state index in [0.29, 0.717) is 0 Å². The monoisotopic (exact) mass is 330 g/mol. The van der Waals surface area contributed by atoms with Crippen LogP contribution in [0.2, 0.25) is 0 Å². The Kier molecular flexibility index (Phi) is 4.72. The second kappa shape index (κ2) is 6.12. The van der Waals surface area contributed by atoms with Gasteiger partial charge in [0.25, 0.3) is 0 Å². The Morgan fingerprint density at radius 1 is 0.652 bits per heavy atom. The lowest BCUT2D eigenvalue weighted by Gasteiger charge is -2.26. The number of hydrogen-bond acceptors (Lipinski definition) is 3. The van der Waals surface area contributed by atoms with Crippen LogP contribution in [0.3, 0.4) is 0 Å². The van der Waals surface area contributed by atoms with Crippen LogP contribution in [0.1, 0.15) is 52.7 Å². The lowest BCUT2D eigenvalue weighted by atomic mass is 9.87. The number of hydrogen-bond donors (Lipinski definition) is 2. The van der Waals surface area contributed by atoms with E-state index in [1.165, 1.54) is 11.8 Å². The van der Waals surface area contributed by atoms with Gasteiger partial charge in [-0.3, -0.25) is 0 Å². The molecule has 0 saturated heterocycles. The number of benzene rings is 2. The summed E-state index contributed by atoms with van der Waals surface area (Å²) in [5.74, 6) is 0.510. The molecule has 0 heterocycles. The van der Waals surface area contributed by atoms with Crippen molar-refractivity contribution in [1.29, 1.82) is 0 Å². The molecule has 0 aromatic heterocycles. The largest absolute Gasteiger partial charge is 0.507 e. The maximum absolute atomic E-state index is 10.4. The third-order valence-corrected chi connectivity index (χ3v) is 5.08. The van der Waals surface area contributed by atoms with Crippen LogP contribution in [0.5, 0.6) is 11.5 Å². The molecule has 0 aliphatic carbocycles. The Morgan fingerprint density at radius 3 is 1.30 bits per heavy atom. The first-order valence-corrected chi connectivity index (χ1v) is 8.66. The van der Waals surface area contributed by atoms with Gasteiger partial charge in [0.1, 0.15) is 11.5 Å². The minimum atomic E-state index is -0.0899. The average molecular weight is 330 g/mol. The van der Waals surface area contributed by atoms with E-state index in [1.54, 1.807) is 12.1 Å². The topological polar surface area (TPSA) is 40.5 Å². The maximum Gasteiger partial charge on any atom is 0.129 e. The first-order chi connectivity index (χ1) is 10.5. The van der Waals surface area contributed by atoms with Crippen LogP contribution < -0.4 is 0 Å². The van der Waals surface area contributed by atoms with Gasteiger partial charge in [0.15, 0.2) is 0 Å². The van der Waals surface area contributed by atoms with Crippen LogP contribution >= 0.6 is 11.8 Å². The van der Waals surface area contributed by atoms with Gasteiger partial charge in [-0.2, -0.15) is 0 Å². The number of phenolic OH excluding ortho intramolecular Hbond substituents is 2. The molecule has 2 aromatic rings. The summed E-state index contributed by atoms with van der Waals surface area (Å²) in [5.41, 5.74) is 1.97. The number of aromatic hydroxyl groups is 2. The quantitative estimate of drug-likeness (QED) is 0.726. The lowest BCUT2D eigenvalue weighted by molar-refractivity contribution is 0.450. The van der Waals surface area contributed by atoms with E-state index in [0.717, 1.165) is 20.9 Å². The summed E-state index contributed by atoms with van der Waals surface area (Å²) in [7, 11) is 0. The van der Waals surface area contributed by atoms with Gasteiger partial charge in [0.05, 0.1) is 9.79 Å².